The van der Waals surface area contributed by atoms with E-state index in [1.807, 2.05) is 82.3 Å². The smallest absolute Gasteiger partial charge is 0.284 e. The monoisotopic (exact) mass is 642 g/mol. The van der Waals surface area contributed by atoms with E-state index in [-0.39, 0.29) is 10.9 Å². The van der Waals surface area contributed by atoms with Crippen molar-refractivity contribution in [1.82, 2.24) is 4.90 Å². The highest BCUT2D eigenvalue weighted by atomic mass is 32.2. The van der Waals surface area contributed by atoms with Crippen LogP contribution in [0, 0.1) is 0 Å². The topological polar surface area (TPSA) is 86.7 Å². The Morgan fingerprint density at radius 3 is 1.91 bits per heavy atom. The predicted molar refractivity (Wildman–Crippen MR) is 181 cm³/mol. The summed E-state index contributed by atoms with van der Waals surface area (Å²) in [5.74, 6) is 3.12. The molecule has 1 atom stereocenters. The molecule has 0 N–H and O–H groups in total. The van der Waals surface area contributed by atoms with Gasteiger partial charge in [-0.25, -0.2) is 0 Å². The van der Waals surface area contributed by atoms with Crippen LogP contribution in [0.5, 0.6) is 23.0 Å². The molecule has 0 fully saturated rings. The van der Waals surface area contributed by atoms with Crippen molar-refractivity contribution in [1.29, 1.82) is 0 Å². The first kappa shape index (κ1) is 32.9. The number of rotatable bonds is 13. The average molecular weight is 643 g/mol. The first-order valence-corrected chi connectivity index (χ1v) is 17.3. The molecule has 0 aromatic heterocycles. The molecule has 1 heterocycles. The number of amidine groups is 1. The molecule has 0 aliphatic carbocycles. The third-order valence-electron chi connectivity index (χ3n) is 7.75. The standard InChI is InChI=1S/C37H42N2O6S/c1-5-42-33-20-19-27(24-34(33)43-6-2)23-32-31-26-36(45-8-4)35(44-7-3)25-29(31)21-22-39(32)37(28-15-11-9-12-16-28)38-46(40,41)30-17-13-10-14-18-30/h9-20,24-26,32H,5-8,21-23H2,1-4H3/t32-/m1/s1. The van der Waals surface area contributed by atoms with Gasteiger partial charge in [0.2, 0.25) is 0 Å². The molecule has 0 unspecified atom stereocenters. The lowest BCUT2D eigenvalue weighted by Gasteiger charge is -2.40. The van der Waals surface area contributed by atoms with Gasteiger partial charge in [-0.3, -0.25) is 0 Å². The van der Waals surface area contributed by atoms with Gasteiger partial charge in [-0.05, 0) is 93.6 Å². The molecule has 0 bridgehead atoms. The molecule has 0 saturated heterocycles. The predicted octanol–water partition coefficient (Wildman–Crippen LogP) is 7.26. The van der Waals surface area contributed by atoms with Crippen LogP contribution >= 0.6 is 0 Å². The van der Waals surface area contributed by atoms with Crippen LogP contribution in [0.2, 0.25) is 0 Å². The number of benzene rings is 4. The Kier molecular flexibility index (Phi) is 10.9. The molecule has 4 aromatic rings. The minimum absolute atomic E-state index is 0.144. The number of nitrogens with zero attached hydrogens (tertiary/aromatic N) is 2. The van der Waals surface area contributed by atoms with Gasteiger partial charge in [0, 0.05) is 12.1 Å². The van der Waals surface area contributed by atoms with E-state index in [4.69, 9.17) is 18.9 Å². The molecule has 0 amide bonds. The van der Waals surface area contributed by atoms with E-state index in [1.165, 1.54) is 0 Å². The maximum atomic E-state index is 13.8. The number of hydrogen-bond donors (Lipinski definition) is 0. The van der Waals surface area contributed by atoms with E-state index in [2.05, 4.69) is 15.4 Å². The maximum Gasteiger partial charge on any atom is 0.284 e. The summed E-state index contributed by atoms with van der Waals surface area (Å²) < 4.78 is 55.9. The number of ether oxygens (including phenoxy) is 4. The number of hydrogen-bond acceptors (Lipinski definition) is 6. The van der Waals surface area contributed by atoms with Crippen molar-refractivity contribution in [2.24, 2.45) is 4.40 Å². The summed E-state index contributed by atoms with van der Waals surface area (Å²) in [6, 6.07) is 27.7. The van der Waals surface area contributed by atoms with Crippen molar-refractivity contribution >= 4 is 15.9 Å². The van der Waals surface area contributed by atoms with Crippen LogP contribution in [-0.2, 0) is 22.9 Å². The van der Waals surface area contributed by atoms with Crippen LogP contribution in [0.4, 0.5) is 0 Å². The summed E-state index contributed by atoms with van der Waals surface area (Å²) in [5.41, 5.74) is 3.89. The third-order valence-corrected chi connectivity index (χ3v) is 9.03. The lowest BCUT2D eigenvalue weighted by atomic mass is 9.87. The van der Waals surface area contributed by atoms with Crippen LogP contribution < -0.4 is 18.9 Å². The second kappa shape index (κ2) is 15.2. The molecule has 0 spiro atoms. The summed E-state index contributed by atoms with van der Waals surface area (Å²) in [6.45, 7) is 10.4. The molecule has 46 heavy (non-hydrogen) atoms. The normalized spacial score (nSPS) is 14.8. The Morgan fingerprint density at radius 1 is 0.717 bits per heavy atom. The van der Waals surface area contributed by atoms with Crippen LogP contribution in [0.3, 0.4) is 0 Å². The van der Waals surface area contributed by atoms with Crippen LogP contribution in [0.25, 0.3) is 0 Å². The van der Waals surface area contributed by atoms with Gasteiger partial charge in [0.05, 0.1) is 37.4 Å². The highest BCUT2D eigenvalue weighted by Gasteiger charge is 2.33. The largest absolute Gasteiger partial charge is 0.490 e. The van der Waals surface area contributed by atoms with E-state index < -0.39 is 10.0 Å². The Morgan fingerprint density at radius 2 is 1.28 bits per heavy atom. The highest BCUT2D eigenvalue weighted by molar-refractivity contribution is 7.90. The zero-order valence-electron chi connectivity index (χ0n) is 26.9. The minimum Gasteiger partial charge on any atom is -0.490 e. The number of fused-ring (bicyclic) bond motifs is 1. The summed E-state index contributed by atoms with van der Waals surface area (Å²) in [6.07, 6.45) is 1.22. The second-order valence-electron chi connectivity index (χ2n) is 10.7. The third kappa shape index (κ3) is 7.48. The van der Waals surface area contributed by atoms with Crippen molar-refractivity contribution in [3.8, 4) is 23.0 Å². The molecule has 5 rings (SSSR count). The van der Waals surface area contributed by atoms with Crippen molar-refractivity contribution in [3.63, 3.8) is 0 Å². The van der Waals surface area contributed by atoms with Crippen molar-refractivity contribution in [2.75, 3.05) is 33.0 Å². The van der Waals surface area contributed by atoms with Crippen molar-refractivity contribution in [2.45, 2.75) is 51.5 Å². The summed E-state index contributed by atoms with van der Waals surface area (Å²) >= 11 is 0. The molecule has 242 valence electrons. The van der Waals surface area contributed by atoms with Crippen molar-refractivity contribution in [3.05, 3.63) is 113 Å². The van der Waals surface area contributed by atoms with Gasteiger partial charge in [0.1, 0.15) is 5.84 Å². The van der Waals surface area contributed by atoms with Gasteiger partial charge in [-0.2, -0.15) is 8.42 Å². The fourth-order valence-corrected chi connectivity index (χ4v) is 6.83. The molecular formula is C37H42N2O6S. The minimum atomic E-state index is -4.02. The summed E-state index contributed by atoms with van der Waals surface area (Å²) in [7, 11) is -4.02. The molecule has 1 aliphatic rings. The van der Waals surface area contributed by atoms with Gasteiger partial charge < -0.3 is 23.8 Å². The molecule has 8 nitrogen and oxygen atoms in total. The van der Waals surface area contributed by atoms with Gasteiger partial charge in [0.15, 0.2) is 23.0 Å². The van der Waals surface area contributed by atoms with E-state index in [0.717, 1.165) is 16.7 Å². The fourth-order valence-electron chi connectivity index (χ4n) is 5.78. The average Bonchev–Trinajstić information content (AvgIpc) is 3.07. The quantitative estimate of drug-likeness (QED) is 0.112. The SMILES string of the molecule is CCOc1ccc(C[C@@H]2c3cc(OCC)c(OCC)cc3CCN2C(=NS(=O)(=O)c2ccccc2)c2ccccc2)cc1OCC. The number of sulfonamides is 1. The lowest BCUT2D eigenvalue weighted by molar-refractivity contribution is 0.275. The summed E-state index contributed by atoms with van der Waals surface area (Å²) in [4.78, 5) is 2.26. The molecule has 0 radical (unpaired) electrons. The Hall–Kier alpha value is -4.50. The maximum absolute atomic E-state index is 13.8. The van der Waals surface area contributed by atoms with Crippen LogP contribution in [0.15, 0.2) is 100 Å². The highest BCUT2D eigenvalue weighted by Crippen LogP contribution is 2.41. The van der Waals surface area contributed by atoms with Gasteiger partial charge in [0.25, 0.3) is 10.0 Å². The zero-order valence-corrected chi connectivity index (χ0v) is 27.8. The van der Waals surface area contributed by atoms with E-state index in [1.54, 1.807) is 30.3 Å². The van der Waals surface area contributed by atoms with E-state index in [0.29, 0.717) is 80.2 Å². The van der Waals surface area contributed by atoms with Gasteiger partial charge in [-0.1, -0.05) is 54.6 Å². The molecule has 1 aliphatic heterocycles. The Labute approximate surface area is 272 Å². The Bertz CT molecular complexity index is 1740. The van der Waals surface area contributed by atoms with E-state index >= 15 is 0 Å². The molecule has 4 aromatic carbocycles. The molecule has 0 saturated carbocycles. The second-order valence-corrected chi connectivity index (χ2v) is 12.3. The molecule has 9 heteroatoms. The fraction of sp³-hybridized carbons (Fsp3) is 0.324. The molecular weight excluding hydrogens is 600 g/mol. The Balaban J connectivity index is 1.69. The lowest BCUT2D eigenvalue weighted by Crippen LogP contribution is -2.42. The first-order chi connectivity index (χ1) is 22.4. The summed E-state index contributed by atoms with van der Waals surface area (Å²) in [5, 5.41) is 0. The van der Waals surface area contributed by atoms with E-state index in [9.17, 15) is 8.42 Å². The van der Waals surface area contributed by atoms with Crippen LogP contribution in [0.1, 0.15) is 56.0 Å². The van der Waals surface area contributed by atoms with Gasteiger partial charge in [-0.15, -0.1) is 4.40 Å². The van der Waals surface area contributed by atoms with Crippen molar-refractivity contribution < 1.29 is 27.4 Å². The zero-order chi connectivity index (χ0) is 32.5. The van der Waals surface area contributed by atoms with Gasteiger partial charge >= 0.3 is 0 Å². The first-order valence-electron chi connectivity index (χ1n) is 15.9. The van der Waals surface area contributed by atoms with Crippen LogP contribution in [-0.4, -0.2) is 52.1 Å².